The predicted molar refractivity (Wildman–Crippen MR) is 113 cm³/mol. The first-order valence-corrected chi connectivity index (χ1v) is 11.0. The minimum Gasteiger partial charge on any atom is -0.490 e. The number of aliphatic hydroxyl groups excluding tert-OH is 2. The van der Waals surface area contributed by atoms with E-state index in [1.165, 1.54) is 24.0 Å². The zero-order valence-electron chi connectivity index (χ0n) is 16.9. The molecule has 2 saturated carbocycles. The average molecular weight is 394 g/mol. The highest BCUT2D eigenvalue weighted by atomic mass is 16.5. The van der Waals surface area contributed by atoms with Crippen molar-refractivity contribution >= 4 is 0 Å². The van der Waals surface area contributed by atoms with Gasteiger partial charge >= 0.3 is 0 Å². The maximum Gasteiger partial charge on any atom is 0.124 e. The van der Waals surface area contributed by atoms with E-state index < -0.39 is 6.10 Å². The van der Waals surface area contributed by atoms with E-state index in [9.17, 15) is 10.2 Å². The quantitative estimate of drug-likeness (QED) is 0.788. The predicted octanol–water partition coefficient (Wildman–Crippen LogP) is 3.58. The molecule has 3 aliphatic rings. The minimum atomic E-state index is -0.409. The Morgan fingerprint density at radius 1 is 1.00 bits per heavy atom. The number of para-hydroxylation sites is 1. The fraction of sp³-hybridized carbons (Fsp3) is 0.520. The molecule has 3 fully saturated rings. The normalized spacial score (nSPS) is 32.1. The van der Waals surface area contributed by atoms with Crippen LogP contribution in [0.4, 0.5) is 0 Å². The van der Waals surface area contributed by atoms with E-state index in [1.807, 2.05) is 24.3 Å². The molecule has 0 bridgehead atoms. The third-order valence-corrected chi connectivity index (χ3v) is 7.43. The summed E-state index contributed by atoms with van der Waals surface area (Å²) in [6.45, 7) is 2.38. The standard InChI is InChI=1S/C25H31NO3/c27-16-21-24(18-8-2-1-3-9-18)25(21)17-26(15-23(25)28)14-19-10-4-7-13-22(19)29-20-11-5-6-12-20/h1-4,7-10,13,20-21,23-24,27-28H,5-6,11-12,14-17H2/t21-,23+,24-,25-/m1/s1. The number of likely N-dealkylation sites (tertiary alicyclic amines) is 1. The number of β-amino-alcohol motifs (C(OH)–C–C–N with tert-alkyl or cyclic N) is 1. The summed E-state index contributed by atoms with van der Waals surface area (Å²) >= 11 is 0. The maximum absolute atomic E-state index is 11.0. The molecule has 2 aliphatic carbocycles. The molecule has 4 nitrogen and oxygen atoms in total. The summed E-state index contributed by atoms with van der Waals surface area (Å²) in [6.07, 6.45) is 4.76. The van der Waals surface area contributed by atoms with Gasteiger partial charge in [-0.25, -0.2) is 0 Å². The van der Waals surface area contributed by atoms with E-state index in [0.717, 1.165) is 31.7 Å². The summed E-state index contributed by atoms with van der Waals surface area (Å²) in [7, 11) is 0. The Hall–Kier alpha value is -1.88. The van der Waals surface area contributed by atoms with Crippen molar-refractivity contribution in [2.45, 2.75) is 50.4 Å². The summed E-state index contributed by atoms with van der Waals surface area (Å²) in [5.74, 6) is 1.36. The van der Waals surface area contributed by atoms with Gasteiger partial charge < -0.3 is 14.9 Å². The van der Waals surface area contributed by atoms with E-state index in [0.29, 0.717) is 12.6 Å². The second-order valence-electron chi connectivity index (χ2n) is 9.11. The Kier molecular flexibility index (Phi) is 5.10. The lowest BCUT2D eigenvalue weighted by Gasteiger charge is -2.20. The van der Waals surface area contributed by atoms with E-state index in [4.69, 9.17) is 4.74 Å². The molecule has 1 aliphatic heterocycles. The van der Waals surface area contributed by atoms with Gasteiger partial charge in [-0.3, -0.25) is 4.90 Å². The van der Waals surface area contributed by atoms with Gasteiger partial charge in [-0.15, -0.1) is 0 Å². The topological polar surface area (TPSA) is 52.9 Å². The Morgan fingerprint density at radius 2 is 1.72 bits per heavy atom. The smallest absolute Gasteiger partial charge is 0.124 e. The summed E-state index contributed by atoms with van der Waals surface area (Å²) in [4.78, 5) is 2.34. The van der Waals surface area contributed by atoms with Crippen LogP contribution in [0.5, 0.6) is 5.75 Å². The lowest BCUT2D eigenvalue weighted by atomic mass is 9.95. The van der Waals surface area contributed by atoms with Crippen molar-refractivity contribution in [3.63, 3.8) is 0 Å². The molecule has 4 atom stereocenters. The number of hydrogen-bond donors (Lipinski definition) is 2. The molecule has 154 valence electrons. The molecule has 0 aromatic heterocycles. The van der Waals surface area contributed by atoms with Crippen molar-refractivity contribution in [3.8, 4) is 5.75 Å². The van der Waals surface area contributed by atoms with Crippen LogP contribution in [0.2, 0.25) is 0 Å². The third-order valence-electron chi connectivity index (χ3n) is 7.43. The SMILES string of the molecule is OC[C@@H]1[C@@H](c2ccccc2)[C@]12CN(Cc1ccccc1OC1CCCC1)C[C@@H]2O. The molecule has 0 amide bonds. The van der Waals surface area contributed by atoms with Gasteiger partial charge in [-0.05, 0) is 49.1 Å². The Labute approximate surface area is 173 Å². The van der Waals surface area contributed by atoms with Gasteiger partial charge in [0.1, 0.15) is 5.75 Å². The molecule has 1 saturated heterocycles. The van der Waals surface area contributed by atoms with Gasteiger partial charge in [0.05, 0.1) is 12.2 Å². The first-order valence-electron chi connectivity index (χ1n) is 11.0. The monoisotopic (exact) mass is 393 g/mol. The van der Waals surface area contributed by atoms with Crippen LogP contribution in [0.25, 0.3) is 0 Å². The zero-order chi connectivity index (χ0) is 19.8. The summed E-state index contributed by atoms with van der Waals surface area (Å²) in [6, 6.07) is 18.7. The number of aliphatic hydroxyl groups is 2. The van der Waals surface area contributed by atoms with Gasteiger partial charge in [0.15, 0.2) is 0 Å². The molecule has 2 aromatic rings. The van der Waals surface area contributed by atoms with Gasteiger partial charge in [0.25, 0.3) is 0 Å². The van der Waals surface area contributed by atoms with Crippen molar-refractivity contribution < 1.29 is 14.9 Å². The van der Waals surface area contributed by atoms with Crippen LogP contribution in [0.3, 0.4) is 0 Å². The number of rotatable bonds is 6. The molecular formula is C25H31NO3. The highest BCUT2D eigenvalue weighted by Gasteiger charge is 2.70. The number of benzene rings is 2. The molecule has 1 heterocycles. The van der Waals surface area contributed by atoms with Crippen LogP contribution in [-0.4, -0.2) is 47.0 Å². The first kappa shape index (κ1) is 19.1. The van der Waals surface area contributed by atoms with Crippen LogP contribution in [0.15, 0.2) is 54.6 Å². The van der Waals surface area contributed by atoms with Gasteiger partial charge in [-0.1, -0.05) is 48.5 Å². The Balaban J connectivity index is 1.32. The number of ether oxygens (including phenoxy) is 1. The van der Waals surface area contributed by atoms with Gasteiger partial charge in [0, 0.05) is 37.2 Å². The number of nitrogens with zero attached hydrogens (tertiary/aromatic N) is 1. The molecule has 2 N–H and O–H groups in total. The average Bonchev–Trinajstić information content (AvgIpc) is 2.99. The molecule has 5 rings (SSSR count). The van der Waals surface area contributed by atoms with Crippen molar-refractivity contribution in [2.24, 2.45) is 11.3 Å². The summed E-state index contributed by atoms with van der Waals surface area (Å²) in [5, 5.41) is 21.0. The van der Waals surface area contributed by atoms with Crippen molar-refractivity contribution in [1.29, 1.82) is 0 Å². The van der Waals surface area contributed by atoms with Gasteiger partial charge in [0.2, 0.25) is 0 Å². The van der Waals surface area contributed by atoms with Crippen LogP contribution in [-0.2, 0) is 6.54 Å². The van der Waals surface area contributed by atoms with Crippen LogP contribution < -0.4 is 4.74 Å². The third kappa shape index (κ3) is 3.37. The molecule has 4 heteroatoms. The van der Waals surface area contributed by atoms with Crippen molar-refractivity contribution in [3.05, 3.63) is 65.7 Å². The van der Waals surface area contributed by atoms with Crippen LogP contribution in [0, 0.1) is 11.3 Å². The maximum atomic E-state index is 11.0. The molecule has 0 unspecified atom stereocenters. The zero-order valence-corrected chi connectivity index (χ0v) is 16.9. The lowest BCUT2D eigenvalue weighted by molar-refractivity contribution is 0.111. The van der Waals surface area contributed by atoms with E-state index in [2.05, 4.69) is 35.2 Å². The minimum absolute atomic E-state index is 0.131. The fourth-order valence-corrected chi connectivity index (χ4v) is 5.96. The second-order valence-corrected chi connectivity index (χ2v) is 9.11. The molecular weight excluding hydrogens is 362 g/mol. The number of hydrogen-bond acceptors (Lipinski definition) is 4. The van der Waals surface area contributed by atoms with E-state index in [1.54, 1.807) is 0 Å². The summed E-state index contributed by atoms with van der Waals surface area (Å²) < 4.78 is 6.31. The highest BCUT2D eigenvalue weighted by molar-refractivity contribution is 5.38. The fourth-order valence-electron chi connectivity index (χ4n) is 5.96. The van der Waals surface area contributed by atoms with Crippen LogP contribution >= 0.6 is 0 Å². The highest BCUT2D eigenvalue weighted by Crippen LogP contribution is 2.68. The van der Waals surface area contributed by atoms with Crippen molar-refractivity contribution in [2.75, 3.05) is 19.7 Å². The van der Waals surface area contributed by atoms with Crippen molar-refractivity contribution in [1.82, 2.24) is 4.90 Å². The second kappa shape index (κ2) is 7.75. The van der Waals surface area contributed by atoms with Gasteiger partial charge in [-0.2, -0.15) is 0 Å². The Morgan fingerprint density at radius 3 is 2.48 bits per heavy atom. The Bertz CT molecular complexity index is 835. The van der Waals surface area contributed by atoms with E-state index in [-0.39, 0.29) is 23.9 Å². The lowest BCUT2D eigenvalue weighted by Crippen LogP contribution is -2.23. The molecule has 1 spiro atoms. The molecule has 29 heavy (non-hydrogen) atoms. The molecule has 2 aromatic carbocycles. The first-order chi connectivity index (χ1) is 14.2. The van der Waals surface area contributed by atoms with E-state index >= 15 is 0 Å². The molecule has 0 radical (unpaired) electrons. The summed E-state index contributed by atoms with van der Waals surface area (Å²) in [5.41, 5.74) is 2.20. The largest absolute Gasteiger partial charge is 0.490 e. The van der Waals surface area contributed by atoms with Crippen LogP contribution in [0.1, 0.15) is 42.7 Å².